The molecule has 1 N–H and O–H groups in total. The number of rotatable bonds is 4. The highest BCUT2D eigenvalue weighted by molar-refractivity contribution is 7.90. The van der Waals surface area contributed by atoms with Crippen LogP contribution in [0.15, 0.2) is 59.6 Å². The molecule has 1 saturated heterocycles. The molecule has 1 aliphatic rings. The van der Waals surface area contributed by atoms with E-state index in [2.05, 4.69) is 5.32 Å². The number of amides is 1. The first kappa shape index (κ1) is 19.4. The Morgan fingerprint density at radius 1 is 1.14 bits per heavy atom. The number of hydrogen-bond acceptors (Lipinski definition) is 5. The maximum Gasteiger partial charge on any atom is 0.412 e. The van der Waals surface area contributed by atoms with Crippen molar-refractivity contribution >= 4 is 27.0 Å². The van der Waals surface area contributed by atoms with Crippen LogP contribution in [-0.2, 0) is 14.8 Å². The molecule has 3 aromatic rings. The van der Waals surface area contributed by atoms with E-state index in [1.807, 2.05) is 0 Å². The van der Waals surface area contributed by atoms with Gasteiger partial charge in [-0.1, -0.05) is 18.2 Å². The number of carbonyl (C=O) groups is 1. The first-order valence-corrected chi connectivity index (χ1v) is 10.6. The number of nitrogens with zero attached hydrogens (tertiary/aromatic N) is 1. The van der Waals surface area contributed by atoms with Gasteiger partial charge in [-0.15, -0.1) is 0 Å². The van der Waals surface area contributed by atoms with Gasteiger partial charge in [-0.05, 0) is 37.1 Å². The van der Waals surface area contributed by atoms with Crippen molar-refractivity contribution in [1.29, 1.82) is 0 Å². The summed E-state index contributed by atoms with van der Waals surface area (Å²) in [5.41, 5.74) is 0.0859. The third-order valence-corrected chi connectivity index (χ3v) is 6.45. The quantitative estimate of drug-likeness (QED) is 0.703. The minimum atomic E-state index is -3.93. The molecule has 9 heteroatoms. The van der Waals surface area contributed by atoms with E-state index in [0.29, 0.717) is 31.4 Å². The third kappa shape index (κ3) is 3.96. The minimum Gasteiger partial charge on any atom is -0.410 e. The first-order valence-electron chi connectivity index (χ1n) is 9.12. The Labute approximate surface area is 167 Å². The van der Waals surface area contributed by atoms with Crippen molar-refractivity contribution in [3.8, 4) is 5.75 Å². The zero-order valence-electron chi connectivity index (χ0n) is 15.4. The van der Waals surface area contributed by atoms with E-state index < -0.39 is 21.9 Å². The van der Waals surface area contributed by atoms with Crippen LogP contribution in [0.25, 0.3) is 10.9 Å². The molecule has 1 aromatic heterocycles. The SMILES string of the molecule is O=C(NC1CCOCC1)Oc1cc(F)cc2c1ccn2S(=O)(=O)c1ccccc1. The lowest BCUT2D eigenvalue weighted by atomic mass is 10.1. The van der Waals surface area contributed by atoms with Crippen LogP contribution >= 0.6 is 0 Å². The van der Waals surface area contributed by atoms with Gasteiger partial charge in [0.25, 0.3) is 10.0 Å². The predicted octanol–water partition coefficient (Wildman–Crippen LogP) is 3.28. The van der Waals surface area contributed by atoms with Crippen LogP contribution in [0.3, 0.4) is 0 Å². The van der Waals surface area contributed by atoms with Crippen LogP contribution < -0.4 is 10.1 Å². The highest BCUT2D eigenvalue weighted by Gasteiger charge is 2.22. The molecule has 1 aliphatic heterocycles. The average Bonchev–Trinajstić information content (AvgIpc) is 3.14. The van der Waals surface area contributed by atoms with Crippen molar-refractivity contribution in [3.63, 3.8) is 0 Å². The van der Waals surface area contributed by atoms with Crippen molar-refractivity contribution in [2.24, 2.45) is 0 Å². The summed E-state index contributed by atoms with van der Waals surface area (Å²) in [7, 11) is -3.93. The number of fused-ring (bicyclic) bond motifs is 1. The molecule has 1 fully saturated rings. The molecular formula is C20H19FN2O5S. The van der Waals surface area contributed by atoms with E-state index in [-0.39, 0.29) is 22.2 Å². The van der Waals surface area contributed by atoms with Gasteiger partial charge in [0.2, 0.25) is 0 Å². The normalized spacial score (nSPS) is 15.3. The lowest BCUT2D eigenvalue weighted by molar-refractivity contribution is 0.0778. The Morgan fingerprint density at radius 2 is 1.86 bits per heavy atom. The highest BCUT2D eigenvalue weighted by atomic mass is 32.2. The van der Waals surface area contributed by atoms with Crippen LogP contribution in [0.4, 0.5) is 9.18 Å². The van der Waals surface area contributed by atoms with Gasteiger partial charge in [0.05, 0.1) is 10.4 Å². The zero-order valence-corrected chi connectivity index (χ0v) is 16.2. The van der Waals surface area contributed by atoms with Gasteiger partial charge in [0.15, 0.2) is 0 Å². The summed E-state index contributed by atoms with van der Waals surface area (Å²) in [5, 5.41) is 3.04. The fraction of sp³-hybridized carbons (Fsp3) is 0.250. The van der Waals surface area contributed by atoms with Crippen LogP contribution in [0.2, 0.25) is 0 Å². The Bertz CT molecular complexity index is 1140. The van der Waals surface area contributed by atoms with Gasteiger partial charge in [0, 0.05) is 36.9 Å². The number of benzene rings is 2. The summed E-state index contributed by atoms with van der Waals surface area (Å²) in [6.07, 6.45) is 1.93. The fourth-order valence-corrected chi connectivity index (χ4v) is 4.65. The number of nitrogens with one attached hydrogen (secondary N) is 1. The summed E-state index contributed by atoms with van der Waals surface area (Å²) in [6, 6.07) is 11.4. The van der Waals surface area contributed by atoms with Gasteiger partial charge in [-0.2, -0.15) is 0 Å². The highest BCUT2D eigenvalue weighted by Crippen LogP contribution is 2.31. The number of halogens is 1. The molecule has 0 unspecified atom stereocenters. The van der Waals surface area contributed by atoms with E-state index in [1.54, 1.807) is 18.2 Å². The molecule has 0 spiro atoms. The van der Waals surface area contributed by atoms with E-state index in [0.717, 1.165) is 16.1 Å². The van der Waals surface area contributed by atoms with Crippen LogP contribution in [-0.4, -0.2) is 37.7 Å². The molecule has 2 heterocycles. The van der Waals surface area contributed by atoms with Crippen molar-refractivity contribution in [1.82, 2.24) is 9.29 Å². The molecule has 29 heavy (non-hydrogen) atoms. The molecule has 7 nitrogen and oxygen atoms in total. The van der Waals surface area contributed by atoms with Crippen molar-refractivity contribution in [2.45, 2.75) is 23.8 Å². The Morgan fingerprint density at radius 3 is 2.59 bits per heavy atom. The van der Waals surface area contributed by atoms with Crippen LogP contribution in [0.1, 0.15) is 12.8 Å². The maximum absolute atomic E-state index is 14.2. The number of ether oxygens (including phenoxy) is 2. The molecule has 2 aromatic carbocycles. The molecule has 0 atom stereocenters. The molecule has 1 amide bonds. The molecule has 0 bridgehead atoms. The van der Waals surface area contributed by atoms with E-state index >= 15 is 0 Å². The number of hydrogen-bond donors (Lipinski definition) is 1. The molecule has 0 radical (unpaired) electrons. The topological polar surface area (TPSA) is 86.6 Å². The van der Waals surface area contributed by atoms with Gasteiger partial charge in [-0.25, -0.2) is 21.6 Å². The monoisotopic (exact) mass is 418 g/mol. The Kier molecular flexibility index (Phi) is 5.25. The minimum absolute atomic E-state index is 0.0495. The van der Waals surface area contributed by atoms with Crippen molar-refractivity contribution < 1.29 is 27.1 Å². The van der Waals surface area contributed by atoms with Crippen LogP contribution in [0.5, 0.6) is 5.75 Å². The molecule has 0 aliphatic carbocycles. The summed E-state index contributed by atoms with van der Waals surface area (Å²) in [6.45, 7) is 1.10. The summed E-state index contributed by atoms with van der Waals surface area (Å²) in [5.74, 6) is -0.763. The summed E-state index contributed by atoms with van der Waals surface area (Å²) in [4.78, 5) is 12.3. The largest absolute Gasteiger partial charge is 0.412 e. The predicted molar refractivity (Wildman–Crippen MR) is 104 cm³/mol. The molecular weight excluding hydrogens is 399 g/mol. The molecule has 152 valence electrons. The summed E-state index contributed by atoms with van der Waals surface area (Å²) < 4.78 is 51.6. The molecule has 4 rings (SSSR count). The second kappa shape index (κ2) is 7.84. The lowest BCUT2D eigenvalue weighted by Crippen LogP contribution is -2.40. The van der Waals surface area contributed by atoms with E-state index in [9.17, 15) is 17.6 Å². The van der Waals surface area contributed by atoms with Crippen molar-refractivity contribution in [2.75, 3.05) is 13.2 Å². The fourth-order valence-electron chi connectivity index (χ4n) is 3.29. The summed E-state index contributed by atoms with van der Waals surface area (Å²) >= 11 is 0. The third-order valence-electron chi connectivity index (χ3n) is 4.74. The number of aromatic nitrogens is 1. The number of carbonyl (C=O) groups excluding carboxylic acids is 1. The smallest absolute Gasteiger partial charge is 0.410 e. The Hall–Kier alpha value is -2.91. The first-order chi connectivity index (χ1) is 13.9. The second-order valence-corrected chi connectivity index (χ2v) is 8.50. The van der Waals surface area contributed by atoms with Gasteiger partial charge in [0.1, 0.15) is 11.6 Å². The van der Waals surface area contributed by atoms with Crippen molar-refractivity contribution in [3.05, 3.63) is 60.5 Å². The lowest BCUT2D eigenvalue weighted by Gasteiger charge is -2.22. The van der Waals surface area contributed by atoms with Crippen LogP contribution in [0, 0.1) is 5.82 Å². The average molecular weight is 418 g/mol. The van der Waals surface area contributed by atoms with E-state index in [1.165, 1.54) is 24.4 Å². The second-order valence-electron chi connectivity index (χ2n) is 6.69. The van der Waals surface area contributed by atoms with E-state index in [4.69, 9.17) is 9.47 Å². The van der Waals surface area contributed by atoms with Gasteiger partial charge < -0.3 is 14.8 Å². The van der Waals surface area contributed by atoms with Gasteiger partial charge in [-0.3, -0.25) is 0 Å². The zero-order chi connectivity index (χ0) is 20.4. The van der Waals surface area contributed by atoms with Gasteiger partial charge >= 0.3 is 6.09 Å². The Balaban J connectivity index is 1.66. The standard InChI is InChI=1S/C20H19FN2O5S/c21-14-12-18-17(6-9-23(18)29(25,26)16-4-2-1-3-5-16)19(13-14)28-20(24)22-15-7-10-27-11-8-15/h1-6,9,12-13,15H,7-8,10-11H2,(H,22,24). The molecule has 0 saturated carbocycles. The maximum atomic E-state index is 14.2.